The monoisotopic (exact) mass is 361 g/mol. The zero-order valence-electron chi connectivity index (χ0n) is 17.9. The van der Waals surface area contributed by atoms with E-state index in [1.54, 1.807) is 0 Å². The molecule has 0 aromatic heterocycles. The summed E-state index contributed by atoms with van der Waals surface area (Å²) in [4.78, 5) is 5.15. The van der Waals surface area contributed by atoms with E-state index in [9.17, 15) is 1.37 Å². The largest absolute Gasteiger partial charge is 0.346 e. The zero-order valence-corrected chi connectivity index (χ0v) is 16.9. The van der Waals surface area contributed by atoms with Gasteiger partial charge in [-0.05, 0) is 62.8 Å². The Kier molecular flexibility index (Phi) is 3.91. The van der Waals surface area contributed by atoms with Gasteiger partial charge in [0, 0.05) is 24.7 Å². The highest BCUT2D eigenvalue weighted by Crippen LogP contribution is 2.54. The first-order chi connectivity index (χ1) is 13.5. The fraction of sp³-hybridized carbons (Fsp3) is 0.520. The van der Waals surface area contributed by atoms with Gasteiger partial charge in [0.15, 0.2) is 0 Å². The molecule has 3 unspecified atom stereocenters. The third kappa shape index (κ3) is 2.52. The number of hydrogen-bond acceptors (Lipinski definition) is 2. The SMILES string of the molecule is [2H]C1(C2CCCCC2)c2ccccc2N2C(C)N(c3ccccc3C)[C@@H](C)C21. The molecule has 2 aromatic rings. The van der Waals surface area contributed by atoms with Crippen LogP contribution in [0.1, 0.15) is 64.3 Å². The third-order valence-corrected chi connectivity index (χ3v) is 7.25. The Morgan fingerprint density at radius 1 is 0.852 bits per heavy atom. The van der Waals surface area contributed by atoms with Gasteiger partial charge in [0.2, 0.25) is 0 Å². The molecule has 4 atom stereocenters. The summed E-state index contributed by atoms with van der Waals surface area (Å²) in [5.74, 6) is -0.0499. The molecule has 2 aromatic carbocycles. The van der Waals surface area contributed by atoms with Crippen LogP contribution in [0.25, 0.3) is 0 Å². The van der Waals surface area contributed by atoms with E-state index < -0.39 is 5.89 Å². The van der Waals surface area contributed by atoms with Crippen LogP contribution in [-0.2, 0) is 0 Å². The lowest BCUT2D eigenvalue weighted by Gasteiger charge is -2.35. The Morgan fingerprint density at radius 3 is 2.26 bits per heavy atom. The number of anilines is 2. The number of nitrogens with zero attached hydrogens (tertiary/aromatic N) is 2. The molecule has 0 amide bonds. The summed E-state index contributed by atoms with van der Waals surface area (Å²) in [6.07, 6.45) is 6.57. The maximum Gasteiger partial charge on any atom is 0.0994 e. The van der Waals surface area contributed by atoms with Crippen molar-refractivity contribution in [3.8, 4) is 0 Å². The van der Waals surface area contributed by atoms with Gasteiger partial charge in [-0.1, -0.05) is 55.7 Å². The van der Waals surface area contributed by atoms with E-state index in [0.29, 0.717) is 12.0 Å². The lowest BCUT2D eigenvalue weighted by molar-refractivity contribution is 0.279. The second kappa shape index (κ2) is 6.58. The molecule has 142 valence electrons. The van der Waals surface area contributed by atoms with Crippen molar-refractivity contribution in [2.45, 2.75) is 77.0 Å². The molecule has 3 aliphatic rings. The van der Waals surface area contributed by atoms with Gasteiger partial charge in [-0.25, -0.2) is 0 Å². The summed E-state index contributed by atoms with van der Waals surface area (Å²) in [6.45, 7) is 6.89. The predicted octanol–water partition coefficient (Wildman–Crippen LogP) is 6.10. The molecule has 1 saturated heterocycles. The average molecular weight is 362 g/mol. The second-order valence-electron chi connectivity index (χ2n) is 8.73. The number of fused-ring (bicyclic) bond motifs is 3. The Morgan fingerprint density at radius 2 is 1.52 bits per heavy atom. The van der Waals surface area contributed by atoms with Crippen molar-refractivity contribution in [2.24, 2.45) is 5.92 Å². The van der Waals surface area contributed by atoms with Crippen LogP contribution in [0.3, 0.4) is 0 Å². The van der Waals surface area contributed by atoms with Crippen molar-refractivity contribution in [1.82, 2.24) is 0 Å². The molecule has 0 N–H and O–H groups in total. The minimum Gasteiger partial charge on any atom is -0.346 e. The van der Waals surface area contributed by atoms with Crippen LogP contribution in [0.2, 0.25) is 0 Å². The number of para-hydroxylation sites is 2. The Balaban J connectivity index is 1.64. The third-order valence-electron chi connectivity index (χ3n) is 7.25. The van der Waals surface area contributed by atoms with Gasteiger partial charge in [-0.3, -0.25) is 0 Å². The van der Waals surface area contributed by atoms with Crippen molar-refractivity contribution < 1.29 is 1.37 Å². The van der Waals surface area contributed by atoms with Crippen molar-refractivity contribution in [1.29, 1.82) is 0 Å². The van der Waals surface area contributed by atoms with E-state index in [0.717, 1.165) is 0 Å². The van der Waals surface area contributed by atoms with Crippen molar-refractivity contribution in [3.63, 3.8) is 0 Å². The van der Waals surface area contributed by atoms with E-state index in [-0.39, 0.29) is 12.2 Å². The summed E-state index contributed by atoms with van der Waals surface area (Å²) >= 11 is 0. The van der Waals surface area contributed by atoms with E-state index in [2.05, 4.69) is 79.1 Å². The van der Waals surface area contributed by atoms with Crippen LogP contribution in [0, 0.1) is 12.8 Å². The van der Waals surface area contributed by atoms with E-state index in [4.69, 9.17) is 0 Å². The van der Waals surface area contributed by atoms with Gasteiger partial charge >= 0.3 is 0 Å². The smallest absolute Gasteiger partial charge is 0.0994 e. The molecule has 0 radical (unpaired) electrons. The minimum atomic E-state index is -0.512. The number of rotatable bonds is 2. The van der Waals surface area contributed by atoms with Gasteiger partial charge in [-0.15, -0.1) is 0 Å². The number of benzene rings is 2. The van der Waals surface area contributed by atoms with Crippen LogP contribution in [0.5, 0.6) is 0 Å². The van der Waals surface area contributed by atoms with Crippen LogP contribution < -0.4 is 9.80 Å². The highest BCUT2D eigenvalue weighted by molar-refractivity contribution is 5.69. The highest BCUT2D eigenvalue weighted by Gasteiger charge is 2.53. The van der Waals surface area contributed by atoms with E-state index >= 15 is 0 Å². The summed E-state index contributed by atoms with van der Waals surface area (Å²) in [6, 6.07) is 18.0. The summed E-state index contributed by atoms with van der Waals surface area (Å²) in [7, 11) is 0. The number of hydrogen-bond donors (Lipinski definition) is 0. The molecule has 0 bridgehead atoms. The maximum atomic E-state index is 9.94. The van der Waals surface area contributed by atoms with Gasteiger partial charge in [-0.2, -0.15) is 0 Å². The van der Waals surface area contributed by atoms with Crippen LogP contribution in [0.4, 0.5) is 11.4 Å². The van der Waals surface area contributed by atoms with Crippen molar-refractivity contribution in [3.05, 3.63) is 59.7 Å². The number of aryl methyl sites for hydroxylation is 1. The van der Waals surface area contributed by atoms with Gasteiger partial charge in [0.05, 0.1) is 12.2 Å². The topological polar surface area (TPSA) is 6.48 Å². The summed E-state index contributed by atoms with van der Waals surface area (Å²) in [5.41, 5.74) is 5.21. The first-order valence-electron chi connectivity index (χ1n) is 11.3. The fourth-order valence-electron chi connectivity index (χ4n) is 6.10. The van der Waals surface area contributed by atoms with Gasteiger partial charge < -0.3 is 9.80 Å². The summed E-state index contributed by atoms with van der Waals surface area (Å²) in [5, 5.41) is 0. The molecule has 1 saturated carbocycles. The molecular weight excluding hydrogens is 328 g/mol. The fourth-order valence-corrected chi connectivity index (χ4v) is 6.10. The first kappa shape index (κ1) is 16.0. The molecule has 2 nitrogen and oxygen atoms in total. The molecule has 27 heavy (non-hydrogen) atoms. The van der Waals surface area contributed by atoms with E-state index in [1.807, 2.05) is 0 Å². The van der Waals surface area contributed by atoms with Gasteiger partial charge in [0.25, 0.3) is 0 Å². The first-order valence-corrected chi connectivity index (χ1v) is 10.8. The Labute approximate surface area is 165 Å². The van der Waals surface area contributed by atoms with E-state index in [1.165, 1.54) is 54.6 Å². The molecule has 2 aliphatic heterocycles. The minimum absolute atomic E-state index is 0.211. The summed E-state index contributed by atoms with van der Waals surface area (Å²) < 4.78 is 9.94. The highest BCUT2D eigenvalue weighted by atomic mass is 15.5. The molecule has 2 heteroatoms. The molecule has 0 spiro atoms. The molecule has 2 fully saturated rings. The molecule has 1 aliphatic carbocycles. The van der Waals surface area contributed by atoms with Crippen molar-refractivity contribution >= 4 is 11.4 Å². The predicted molar refractivity (Wildman–Crippen MR) is 115 cm³/mol. The standard InChI is InChI=1S/C25H32N2/c1-17-11-7-9-15-22(17)26-18(2)25-24(20-12-5-4-6-13-20)21-14-8-10-16-23(21)27(25)19(26)3/h7-11,14-16,18-20,24-25H,4-6,12-13H2,1-3H3/t18-,19?,24?,25?/m0/s1/i24D. The van der Waals surface area contributed by atoms with Crippen molar-refractivity contribution in [2.75, 3.05) is 9.80 Å². The molecule has 2 heterocycles. The maximum absolute atomic E-state index is 9.94. The average Bonchev–Trinajstić information content (AvgIpc) is 3.15. The molecular formula is C25H32N2. The van der Waals surface area contributed by atoms with Crippen LogP contribution in [-0.4, -0.2) is 18.2 Å². The molecule has 5 rings (SSSR count). The quantitative estimate of drug-likeness (QED) is 0.637. The normalized spacial score (nSPS) is 33.7. The Hall–Kier alpha value is -1.96. The van der Waals surface area contributed by atoms with Gasteiger partial charge in [0.1, 0.15) is 0 Å². The lowest BCUT2D eigenvalue weighted by Crippen LogP contribution is -2.39. The second-order valence-corrected chi connectivity index (χ2v) is 8.73. The van der Waals surface area contributed by atoms with Crippen LogP contribution in [0.15, 0.2) is 48.5 Å². The Bertz CT molecular complexity index is 874. The zero-order chi connectivity index (χ0) is 19.5. The lowest BCUT2D eigenvalue weighted by atomic mass is 9.73. The van der Waals surface area contributed by atoms with Crippen LogP contribution >= 0.6 is 0 Å².